The third-order valence-electron chi connectivity index (χ3n) is 6.06. The number of ether oxygens (including phenoxy) is 3. The highest BCUT2D eigenvalue weighted by molar-refractivity contribution is 6.00. The molecule has 1 unspecified atom stereocenters. The number of aryl methyl sites for hydroxylation is 1. The number of amides is 1. The summed E-state index contributed by atoms with van der Waals surface area (Å²) in [6, 6.07) is 4.74. The maximum Gasteiger partial charge on any atom is 0.325 e. The normalized spacial score (nSPS) is 18.3. The minimum Gasteiger partial charge on any atom is -0.489 e. The van der Waals surface area contributed by atoms with E-state index < -0.39 is 12.0 Å². The van der Waals surface area contributed by atoms with Crippen molar-refractivity contribution in [1.29, 1.82) is 0 Å². The van der Waals surface area contributed by atoms with E-state index in [0.717, 1.165) is 37.3 Å². The van der Waals surface area contributed by atoms with Crippen LogP contribution in [0, 0.1) is 6.92 Å². The van der Waals surface area contributed by atoms with Crippen molar-refractivity contribution in [3.63, 3.8) is 0 Å². The highest BCUT2D eigenvalue weighted by Crippen LogP contribution is 2.35. The molecule has 0 radical (unpaired) electrons. The maximum atomic E-state index is 12.8. The molecular weight excluding hydrogens is 428 g/mol. The van der Waals surface area contributed by atoms with E-state index in [9.17, 15) is 14.7 Å². The summed E-state index contributed by atoms with van der Waals surface area (Å²) in [7, 11) is 2.84. The van der Waals surface area contributed by atoms with Gasteiger partial charge in [0.1, 0.15) is 24.2 Å². The molecule has 10 nitrogen and oxygen atoms in total. The van der Waals surface area contributed by atoms with Gasteiger partial charge in [0.25, 0.3) is 5.91 Å². The summed E-state index contributed by atoms with van der Waals surface area (Å²) >= 11 is 0. The fourth-order valence-electron chi connectivity index (χ4n) is 4.31. The van der Waals surface area contributed by atoms with Crippen molar-refractivity contribution in [1.82, 2.24) is 14.9 Å². The Morgan fingerprint density at radius 1 is 1.24 bits per heavy atom. The summed E-state index contributed by atoms with van der Waals surface area (Å²) in [5.41, 5.74) is 1.79. The van der Waals surface area contributed by atoms with Crippen molar-refractivity contribution in [2.75, 3.05) is 45.4 Å². The lowest BCUT2D eigenvalue weighted by molar-refractivity contribution is -0.141. The first-order valence-corrected chi connectivity index (χ1v) is 10.9. The van der Waals surface area contributed by atoms with E-state index in [1.54, 1.807) is 25.4 Å². The maximum absolute atomic E-state index is 12.8. The van der Waals surface area contributed by atoms with Crippen LogP contribution in [-0.2, 0) is 9.53 Å². The number of aliphatic hydroxyl groups is 1. The van der Waals surface area contributed by atoms with Crippen molar-refractivity contribution in [2.45, 2.75) is 31.9 Å². The number of aliphatic hydroxyl groups excluding tert-OH is 1. The Morgan fingerprint density at radius 3 is 2.61 bits per heavy atom. The van der Waals surface area contributed by atoms with Crippen LogP contribution in [0.4, 0.5) is 5.82 Å². The van der Waals surface area contributed by atoms with Crippen molar-refractivity contribution in [3.05, 3.63) is 41.2 Å². The zero-order valence-corrected chi connectivity index (χ0v) is 19.0. The second kappa shape index (κ2) is 9.62. The summed E-state index contributed by atoms with van der Waals surface area (Å²) in [5, 5.41) is 9.94. The van der Waals surface area contributed by atoms with Crippen molar-refractivity contribution in [2.24, 2.45) is 0 Å². The number of hydrogen-bond acceptors (Lipinski definition) is 9. The molecule has 0 saturated carbocycles. The SMILES string of the molecule is COC(=O)CN1C(=O)c2cc(C)c(N3CCC(Oc4ccc(OC)nc4)CC3)nc2C1CO. The summed E-state index contributed by atoms with van der Waals surface area (Å²) in [6.45, 7) is 2.85. The number of rotatable bonds is 7. The van der Waals surface area contributed by atoms with Crippen LogP contribution in [0.1, 0.15) is 40.5 Å². The van der Waals surface area contributed by atoms with Gasteiger partial charge in [-0.05, 0) is 24.6 Å². The lowest BCUT2D eigenvalue weighted by atomic mass is 10.1. The number of methoxy groups -OCH3 is 2. The number of pyridine rings is 2. The van der Waals surface area contributed by atoms with Crippen molar-refractivity contribution < 1.29 is 28.9 Å². The van der Waals surface area contributed by atoms with Crippen LogP contribution in [0.25, 0.3) is 0 Å². The third kappa shape index (κ3) is 4.56. The molecule has 1 fully saturated rings. The first kappa shape index (κ1) is 22.8. The van der Waals surface area contributed by atoms with Crippen LogP contribution in [0.2, 0.25) is 0 Å². The molecule has 2 aliphatic rings. The van der Waals surface area contributed by atoms with E-state index in [-0.39, 0.29) is 25.2 Å². The number of carbonyl (C=O) groups is 2. The summed E-state index contributed by atoms with van der Waals surface area (Å²) in [6.07, 6.45) is 3.33. The molecule has 2 aromatic heterocycles. The first-order chi connectivity index (χ1) is 15.9. The summed E-state index contributed by atoms with van der Waals surface area (Å²) < 4.78 is 15.8. The zero-order valence-electron chi connectivity index (χ0n) is 19.0. The molecule has 10 heteroatoms. The summed E-state index contributed by atoms with van der Waals surface area (Å²) in [4.78, 5) is 37.0. The van der Waals surface area contributed by atoms with Gasteiger partial charge in [-0.1, -0.05) is 0 Å². The van der Waals surface area contributed by atoms with E-state index in [0.29, 0.717) is 22.9 Å². The molecule has 4 heterocycles. The Bertz CT molecular complexity index is 1020. The number of nitrogens with zero attached hydrogens (tertiary/aromatic N) is 4. The van der Waals surface area contributed by atoms with Crippen LogP contribution in [0.5, 0.6) is 11.6 Å². The first-order valence-electron chi connectivity index (χ1n) is 10.9. The number of aromatic nitrogens is 2. The molecule has 1 saturated heterocycles. The Kier molecular flexibility index (Phi) is 6.64. The number of hydrogen-bond donors (Lipinski definition) is 1. The third-order valence-corrected chi connectivity index (χ3v) is 6.06. The molecule has 0 aliphatic carbocycles. The Balaban J connectivity index is 1.46. The van der Waals surface area contributed by atoms with Gasteiger partial charge in [0, 0.05) is 32.0 Å². The van der Waals surface area contributed by atoms with Gasteiger partial charge in [-0.2, -0.15) is 0 Å². The molecule has 2 aliphatic heterocycles. The second-order valence-corrected chi connectivity index (χ2v) is 8.11. The van der Waals surface area contributed by atoms with Crippen LogP contribution >= 0.6 is 0 Å². The largest absolute Gasteiger partial charge is 0.489 e. The smallest absolute Gasteiger partial charge is 0.325 e. The number of carbonyl (C=O) groups excluding carboxylic acids is 2. The average Bonchev–Trinajstić information content (AvgIpc) is 3.09. The second-order valence-electron chi connectivity index (χ2n) is 8.11. The Hall–Kier alpha value is -3.40. The topological polar surface area (TPSA) is 114 Å². The standard InChI is InChI=1S/C23H28N4O6/c1-14-10-17-21(18(13-28)27(23(17)30)12-20(29)32-3)25-22(14)26-8-6-15(7-9-26)33-16-4-5-19(31-2)24-11-16/h4-5,10-11,15,18,28H,6-9,12-13H2,1-3H3. The molecule has 2 aromatic rings. The summed E-state index contributed by atoms with van der Waals surface area (Å²) in [5.74, 6) is 1.17. The van der Waals surface area contributed by atoms with Gasteiger partial charge in [-0.3, -0.25) is 9.59 Å². The lowest BCUT2D eigenvalue weighted by Gasteiger charge is -2.34. The molecule has 33 heavy (non-hydrogen) atoms. The van der Waals surface area contributed by atoms with Crippen LogP contribution in [-0.4, -0.2) is 78.4 Å². The molecule has 4 rings (SSSR count). The zero-order chi connectivity index (χ0) is 23.5. The highest BCUT2D eigenvalue weighted by atomic mass is 16.5. The van der Waals surface area contributed by atoms with Gasteiger partial charge < -0.3 is 29.1 Å². The Labute approximate surface area is 192 Å². The molecular formula is C23H28N4O6. The number of fused-ring (bicyclic) bond motifs is 1. The van der Waals surface area contributed by atoms with Gasteiger partial charge in [0.15, 0.2) is 0 Å². The van der Waals surface area contributed by atoms with Gasteiger partial charge in [0.2, 0.25) is 5.88 Å². The van der Waals surface area contributed by atoms with Crippen molar-refractivity contribution >= 4 is 17.7 Å². The van der Waals surface area contributed by atoms with Gasteiger partial charge in [-0.25, -0.2) is 9.97 Å². The van der Waals surface area contributed by atoms with Crippen molar-refractivity contribution in [3.8, 4) is 11.6 Å². The van der Waals surface area contributed by atoms with Crippen LogP contribution < -0.4 is 14.4 Å². The number of anilines is 1. The monoisotopic (exact) mass is 456 g/mol. The molecule has 176 valence electrons. The van der Waals surface area contributed by atoms with E-state index in [2.05, 4.69) is 9.88 Å². The van der Waals surface area contributed by atoms with Gasteiger partial charge >= 0.3 is 5.97 Å². The minimum absolute atomic E-state index is 0.0634. The van der Waals surface area contributed by atoms with E-state index >= 15 is 0 Å². The molecule has 1 N–H and O–H groups in total. The van der Waals surface area contributed by atoms with Gasteiger partial charge in [0.05, 0.1) is 44.3 Å². The van der Waals surface area contributed by atoms with Crippen LogP contribution in [0.3, 0.4) is 0 Å². The molecule has 1 atom stereocenters. The average molecular weight is 456 g/mol. The van der Waals surface area contributed by atoms with E-state index in [4.69, 9.17) is 19.2 Å². The molecule has 0 spiro atoms. The predicted molar refractivity (Wildman–Crippen MR) is 119 cm³/mol. The fraction of sp³-hybridized carbons (Fsp3) is 0.478. The highest BCUT2D eigenvalue weighted by Gasteiger charge is 2.40. The van der Waals surface area contributed by atoms with Gasteiger partial charge in [-0.15, -0.1) is 0 Å². The minimum atomic E-state index is -0.672. The van der Waals surface area contributed by atoms with E-state index in [1.165, 1.54) is 12.0 Å². The molecule has 0 bridgehead atoms. The molecule has 0 aromatic carbocycles. The fourth-order valence-corrected chi connectivity index (χ4v) is 4.31. The lowest BCUT2D eigenvalue weighted by Crippen LogP contribution is -2.39. The quantitative estimate of drug-likeness (QED) is 0.619. The Morgan fingerprint density at radius 2 is 2.00 bits per heavy atom. The number of esters is 1. The van der Waals surface area contributed by atoms with Crippen LogP contribution in [0.15, 0.2) is 24.4 Å². The van der Waals surface area contributed by atoms with E-state index in [1.807, 2.05) is 13.0 Å². The number of piperidine rings is 1. The predicted octanol–water partition coefficient (Wildman–Crippen LogP) is 1.50. The molecule has 1 amide bonds.